The molecule has 1 saturated heterocycles. The Hall–Kier alpha value is -2.83. The molecule has 1 fully saturated rings. The van der Waals surface area contributed by atoms with Gasteiger partial charge in [-0.1, -0.05) is 35.9 Å². The molecule has 2 aromatic rings. The van der Waals surface area contributed by atoms with E-state index in [0.29, 0.717) is 46.4 Å². The third kappa shape index (κ3) is 3.50. The quantitative estimate of drug-likeness (QED) is 0.724. The van der Waals surface area contributed by atoms with Gasteiger partial charge in [-0.3, -0.25) is 9.59 Å². The van der Waals surface area contributed by atoms with Gasteiger partial charge in [-0.2, -0.15) is 0 Å². The number of rotatable bonds is 4. The second-order valence-corrected chi connectivity index (χ2v) is 7.58. The second-order valence-electron chi connectivity index (χ2n) is 7.14. The molecule has 0 spiro atoms. The molecule has 0 bridgehead atoms. The molecule has 2 amide bonds. The summed E-state index contributed by atoms with van der Waals surface area (Å²) in [5, 5.41) is 0.468. The van der Waals surface area contributed by atoms with E-state index in [-0.39, 0.29) is 11.8 Å². The summed E-state index contributed by atoms with van der Waals surface area (Å²) in [6.07, 6.45) is 0. The van der Waals surface area contributed by atoms with E-state index in [4.69, 9.17) is 16.3 Å². The minimum atomic E-state index is -0.365. The number of nitrogens with zero attached hydrogens (tertiary/aromatic N) is 3. The third-order valence-electron chi connectivity index (χ3n) is 5.32. The van der Waals surface area contributed by atoms with E-state index in [2.05, 4.69) is 4.90 Å². The third-order valence-corrected chi connectivity index (χ3v) is 5.56. The monoisotopic (exact) mass is 411 g/mol. The first-order chi connectivity index (χ1) is 14.0. The number of hydrogen-bond donors (Lipinski definition) is 0. The highest BCUT2D eigenvalue weighted by Crippen LogP contribution is 2.38. The van der Waals surface area contributed by atoms with Crippen LogP contribution < -0.4 is 9.64 Å². The summed E-state index contributed by atoms with van der Waals surface area (Å²) in [6.45, 7) is 2.99. The van der Waals surface area contributed by atoms with Gasteiger partial charge in [0.25, 0.3) is 11.8 Å². The van der Waals surface area contributed by atoms with Crippen LogP contribution in [0.2, 0.25) is 5.02 Å². The molecular formula is C22H22ClN3O3. The van der Waals surface area contributed by atoms with Crippen LogP contribution in [0.5, 0.6) is 5.75 Å². The Morgan fingerprint density at radius 3 is 2.34 bits per heavy atom. The number of piperazine rings is 1. The summed E-state index contributed by atoms with van der Waals surface area (Å²) in [6, 6.07) is 14.1. The molecule has 4 rings (SSSR count). The van der Waals surface area contributed by atoms with Gasteiger partial charge in [-0.05, 0) is 31.3 Å². The Bertz CT molecular complexity index is 996. The fourth-order valence-electron chi connectivity index (χ4n) is 3.79. The largest absolute Gasteiger partial charge is 0.496 e. The highest BCUT2D eigenvalue weighted by Gasteiger charge is 2.43. The molecule has 150 valence electrons. The van der Waals surface area contributed by atoms with E-state index >= 15 is 0 Å². The maximum absolute atomic E-state index is 13.5. The zero-order valence-electron chi connectivity index (χ0n) is 16.4. The maximum Gasteiger partial charge on any atom is 0.282 e. The predicted octanol–water partition coefficient (Wildman–Crippen LogP) is 2.88. The Morgan fingerprint density at radius 1 is 0.931 bits per heavy atom. The molecule has 0 N–H and O–H groups in total. The minimum Gasteiger partial charge on any atom is -0.496 e. The Kier molecular flexibility index (Phi) is 5.30. The van der Waals surface area contributed by atoms with Gasteiger partial charge >= 0.3 is 0 Å². The van der Waals surface area contributed by atoms with Crippen LogP contribution in [0.3, 0.4) is 0 Å². The number of ether oxygens (including phenoxy) is 1. The lowest BCUT2D eigenvalue weighted by Crippen LogP contribution is -2.46. The van der Waals surface area contributed by atoms with Gasteiger partial charge in [-0.15, -0.1) is 0 Å². The molecule has 0 saturated carbocycles. The van der Waals surface area contributed by atoms with E-state index < -0.39 is 0 Å². The van der Waals surface area contributed by atoms with Gasteiger partial charge in [0.15, 0.2) is 0 Å². The number of imide groups is 1. The Morgan fingerprint density at radius 2 is 1.66 bits per heavy atom. The zero-order valence-corrected chi connectivity index (χ0v) is 17.1. The number of para-hydroxylation sites is 1. The minimum absolute atomic E-state index is 0.331. The van der Waals surface area contributed by atoms with Gasteiger partial charge in [0.2, 0.25) is 0 Å². The first-order valence-electron chi connectivity index (χ1n) is 9.46. The van der Waals surface area contributed by atoms with Crippen LogP contribution in [0.1, 0.15) is 5.56 Å². The first-order valence-corrected chi connectivity index (χ1v) is 9.84. The van der Waals surface area contributed by atoms with Crippen molar-refractivity contribution in [3.8, 4) is 5.75 Å². The van der Waals surface area contributed by atoms with Gasteiger partial charge in [0.1, 0.15) is 11.4 Å². The van der Waals surface area contributed by atoms with Gasteiger partial charge in [0.05, 0.1) is 18.4 Å². The molecule has 0 radical (unpaired) electrons. The highest BCUT2D eigenvalue weighted by atomic mass is 35.5. The van der Waals surface area contributed by atoms with Crippen LogP contribution in [0.4, 0.5) is 5.69 Å². The number of carbonyl (C=O) groups is 2. The maximum atomic E-state index is 13.5. The summed E-state index contributed by atoms with van der Waals surface area (Å²) in [4.78, 5) is 32.4. The first kappa shape index (κ1) is 19.5. The van der Waals surface area contributed by atoms with Gasteiger partial charge in [0, 0.05) is 36.8 Å². The molecule has 0 aliphatic carbocycles. The van der Waals surface area contributed by atoms with E-state index in [1.165, 1.54) is 4.90 Å². The fraction of sp³-hybridized carbons (Fsp3) is 0.273. The molecule has 29 heavy (non-hydrogen) atoms. The number of amides is 2. The highest BCUT2D eigenvalue weighted by molar-refractivity contribution is 6.46. The molecule has 2 aromatic carbocycles. The van der Waals surface area contributed by atoms with Crippen molar-refractivity contribution < 1.29 is 14.3 Å². The van der Waals surface area contributed by atoms with Crippen LogP contribution >= 0.6 is 11.6 Å². The van der Waals surface area contributed by atoms with Crippen LogP contribution in [-0.2, 0) is 9.59 Å². The van der Waals surface area contributed by atoms with E-state index in [0.717, 1.165) is 13.1 Å². The van der Waals surface area contributed by atoms with Crippen molar-refractivity contribution in [2.24, 2.45) is 0 Å². The summed E-state index contributed by atoms with van der Waals surface area (Å²) in [5.74, 6) is -0.137. The molecular weight excluding hydrogens is 390 g/mol. The lowest BCUT2D eigenvalue weighted by Gasteiger charge is -2.34. The van der Waals surface area contributed by atoms with Crippen molar-refractivity contribution in [2.45, 2.75) is 0 Å². The molecule has 0 aromatic heterocycles. The van der Waals surface area contributed by atoms with Crippen LogP contribution in [0.15, 0.2) is 54.2 Å². The number of benzene rings is 2. The van der Waals surface area contributed by atoms with Crippen LogP contribution in [0, 0.1) is 0 Å². The summed E-state index contributed by atoms with van der Waals surface area (Å²) < 4.78 is 5.49. The average molecular weight is 412 g/mol. The molecule has 2 heterocycles. The Balaban J connectivity index is 1.85. The van der Waals surface area contributed by atoms with Crippen LogP contribution in [0.25, 0.3) is 5.57 Å². The molecule has 0 unspecified atom stereocenters. The molecule has 2 aliphatic heterocycles. The normalized spacial score (nSPS) is 18.0. The number of hydrogen-bond acceptors (Lipinski definition) is 5. The van der Waals surface area contributed by atoms with E-state index in [1.54, 1.807) is 37.4 Å². The molecule has 0 atom stereocenters. The fourth-order valence-corrected chi connectivity index (χ4v) is 3.97. The summed E-state index contributed by atoms with van der Waals surface area (Å²) in [5.41, 5.74) is 1.88. The van der Waals surface area contributed by atoms with Gasteiger partial charge in [-0.25, -0.2) is 4.90 Å². The van der Waals surface area contributed by atoms with Crippen molar-refractivity contribution in [2.75, 3.05) is 45.2 Å². The van der Waals surface area contributed by atoms with Crippen molar-refractivity contribution in [1.82, 2.24) is 9.80 Å². The second kappa shape index (κ2) is 7.89. The topological polar surface area (TPSA) is 53.1 Å². The standard InChI is InChI=1S/C22H22ClN3O3/c1-24-10-12-25(13-11-24)20-19(17-8-3-4-9-18(17)29-2)21(27)26(22(20)28)16-7-5-6-15(23)14-16/h3-9,14H,10-13H2,1-2H3. The van der Waals surface area contributed by atoms with Crippen LogP contribution in [-0.4, -0.2) is 62.0 Å². The number of methoxy groups -OCH3 is 1. The van der Waals surface area contributed by atoms with Crippen molar-refractivity contribution in [1.29, 1.82) is 0 Å². The predicted molar refractivity (Wildman–Crippen MR) is 113 cm³/mol. The molecule has 7 heteroatoms. The average Bonchev–Trinajstić information content (AvgIpc) is 2.98. The van der Waals surface area contributed by atoms with Crippen molar-refractivity contribution in [3.05, 3.63) is 64.8 Å². The summed E-state index contributed by atoms with van der Waals surface area (Å²) >= 11 is 6.12. The Labute approximate surface area is 174 Å². The van der Waals surface area contributed by atoms with Gasteiger partial charge < -0.3 is 14.5 Å². The number of carbonyl (C=O) groups excluding carboxylic acids is 2. The lowest BCUT2D eigenvalue weighted by molar-refractivity contribution is -0.120. The van der Waals surface area contributed by atoms with Crippen molar-refractivity contribution in [3.63, 3.8) is 0 Å². The van der Waals surface area contributed by atoms with E-state index in [1.807, 2.05) is 30.1 Å². The zero-order chi connectivity index (χ0) is 20.5. The lowest BCUT2D eigenvalue weighted by atomic mass is 10.0. The number of likely N-dealkylation sites (N-methyl/N-ethyl adjacent to an activating group) is 1. The SMILES string of the molecule is COc1ccccc1C1=C(N2CCN(C)CC2)C(=O)N(c2cccc(Cl)c2)C1=O. The van der Waals surface area contributed by atoms with E-state index in [9.17, 15) is 9.59 Å². The number of halogens is 1. The molecule has 2 aliphatic rings. The van der Waals surface area contributed by atoms with Crippen molar-refractivity contribution >= 4 is 34.7 Å². The smallest absolute Gasteiger partial charge is 0.282 e. The molecule has 6 nitrogen and oxygen atoms in total. The summed E-state index contributed by atoms with van der Waals surface area (Å²) in [7, 11) is 3.61. The number of anilines is 1.